The second kappa shape index (κ2) is 5.58. The second-order valence-corrected chi connectivity index (χ2v) is 6.47. The van der Waals surface area contributed by atoms with E-state index in [1.165, 1.54) is 5.30 Å². The highest BCUT2D eigenvalue weighted by molar-refractivity contribution is 7.89. The van der Waals surface area contributed by atoms with Crippen molar-refractivity contribution in [3.8, 4) is 5.75 Å². The third kappa shape index (κ3) is 3.48. The van der Waals surface area contributed by atoms with Crippen molar-refractivity contribution < 1.29 is 4.74 Å². The molecule has 1 atom stereocenters. The van der Waals surface area contributed by atoms with Crippen molar-refractivity contribution in [1.29, 1.82) is 0 Å². The monoisotopic (exact) mass is 230 g/mol. The minimum absolute atomic E-state index is 0.516. The molecule has 0 bridgehead atoms. The number of ether oxygens (including phenoxy) is 1. The van der Waals surface area contributed by atoms with Crippen molar-refractivity contribution >= 4 is 23.8 Å². The van der Waals surface area contributed by atoms with E-state index in [2.05, 4.69) is 26.0 Å². The summed E-state index contributed by atoms with van der Waals surface area (Å²) in [6, 6.07) is 8.04. The SMILES string of the molecule is COc1ccc(P(Cl)CC(C)C)cc1. The highest BCUT2D eigenvalue weighted by Gasteiger charge is 2.09. The van der Waals surface area contributed by atoms with E-state index in [9.17, 15) is 0 Å². The fraction of sp³-hybridized carbons (Fsp3) is 0.455. The molecular formula is C11H16ClOP. The molecule has 14 heavy (non-hydrogen) atoms. The van der Waals surface area contributed by atoms with Crippen LogP contribution in [0.25, 0.3) is 0 Å². The Bertz CT molecular complexity index is 271. The molecule has 1 aromatic carbocycles. The third-order valence-corrected chi connectivity index (χ3v) is 4.79. The number of halogens is 1. The molecule has 0 aliphatic carbocycles. The summed E-state index contributed by atoms with van der Waals surface area (Å²) in [7, 11) is 1.16. The lowest BCUT2D eigenvalue weighted by Gasteiger charge is -2.12. The van der Waals surface area contributed by atoms with E-state index < -0.39 is 7.27 Å². The molecule has 0 saturated carbocycles. The predicted octanol–water partition coefficient (Wildman–Crippen LogP) is 3.61. The molecule has 0 aliphatic rings. The maximum absolute atomic E-state index is 6.32. The molecule has 1 nitrogen and oxygen atoms in total. The molecule has 0 saturated heterocycles. The Labute approximate surface area is 92.0 Å². The quantitative estimate of drug-likeness (QED) is 0.718. The first-order chi connectivity index (χ1) is 6.63. The van der Waals surface area contributed by atoms with Gasteiger partial charge in [0.15, 0.2) is 0 Å². The van der Waals surface area contributed by atoms with Crippen LogP contribution in [0.4, 0.5) is 0 Å². The van der Waals surface area contributed by atoms with Gasteiger partial charge in [0.2, 0.25) is 0 Å². The highest BCUT2D eigenvalue weighted by atomic mass is 35.7. The zero-order valence-corrected chi connectivity index (χ0v) is 10.5. The van der Waals surface area contributed by atoms with Crippen LogP contribution >= 0.6 is 18.5 Å². The first-order valence-corrected chi connectivity index (χ1v) is 7.14. The zero-order chi connectivity index (χ0) is 10.6. The minimum atomic E-state index is -0.516. The summed E-state index contributed by atoms with van der Waals surface area (Å²) in [6.45, 7) is 4.39. The van der Waals surface area contributed by atoms with Gasteiger partial charge in [-0.15, -0.1) is 0 Å². The number of hydrogen-bond donors (Lipinski definition) is 0. The van der Waals surface area contributed by atoms with Crippen LogP contribution in [-0.2, 0) is 0 Å². The summed E-state index contributed by atoms with van der Waals surface area (Å²) >= 11 is 6.32. The third-order valence-electron chi connectivity index (χ3n) is 1.88. The molecule has 3 heteroatoms. The normalized spacial score (nSPS) is 12.9. The van der Waals surface area contributed by atoms with Crippen molar-refractivity contribution in [3.05, 3.63) is 24.3 Å². The standard InChI is InChI=1S/C11H16ClOP/c1-9(2)8-14(12)11-6-4-10(13-3)5-7-11/h4-7,9H,8H2,1-3H3. The molecule has 1 rings (SSSR count). The van der Waals surface area contributed by atoms with E-state index in [-0.39, 0.29) is 0 Å². The maximum atomic E-state index is 6.32. The second-order valence-electron chi connectivity index (χ2n) is 3.64. The Morgan fingerprint density at radius 3 is 2.29 bits per heavy atom. The molecule has 0 N–H and O–H groups in total. The molecule has 0 heterocycles. The topological polar surface area (TPSA) is 9.23 Å². The fourth-order valence-electron chi connectivity index (χ4n) is 1.17. The number of hydrogen-bond acceptors (Lipinski definition) is 1. The largest absolute Gasteiger partial charge is 0.497 e. The van der Waals surface area contributed by atoms with Gasteiger partial charge in [-0.3, -0.25) is 0 Å². The van der Waals surface area contributed by atoms with Crippen LogP contribution in [0.2, 0.25) is 0 Å². The van der Waals surface area contributed by atoms with Gasteiger partial charge in [-0.2, -0.15) is 0 Å². The van der Waals surface area contributed by atoms with E-state index in [1.54, 1.807) is 7.11 Å². The average molecular weight is 231 g/mol. The van der Waals surface area contributed by atoms with Gasteiger partial charge in [-0.25, -0.2) is 0 Å². The Morgan fingerprint density at radius 2 is 1.86 bits per heavy atom. The molecule has 0 aromatic heterocycles. The van der Waals surface area contributed by atoms with Crippen molar-refractivity contribution in [2.45, 2.75) is 13.8 Å². The zero-order valence-electron chi connectivity index (χ0n) is 8.83. The highest BCUT2D eigenvalue weighted by Crippen LogP contribution is 2.41. The molecule has 1 aromatic rings. The molecule has 0 fully saturated rings. The summed E-state index contributed by atoms with van der Waals surface area (Å²) in [6.07, 6.45) is 1.07. The van der Waals surface area contributed by atoms with E-state index in [4.69, 9.17) is 16.0 Å². The van der Waals surface area contributed by atoms with Crippen LogP contribution in [0.1, 0.15) is 13.8 Å². The lowest BCUT2D eigenvalue weighted by Crippen LogP contribution is -2.03. The Kier molecular flexibility index (Phi) is 4.71. The van der Waals surface area contributed by atoms with Gasteiger partial charge < -0.3 is 4.74 Å². The van der Waals surface area contributed by atoms with Crippen LogP contribution in [0.5, 0.6) is 5.75 Å². The summed E-state index contributed by atoms with van der Waals surface area (Å²) < 4.78 is 5.09. The van der Waals surface area contributed by atoms with Gasteiger partial charge in [0.1, 0.15) is 5.75 Å². The molecule has 0 radical (unpaired) electrons. The lowest BCUT2D eigenvalue weighted by molar-refractivity contribution is 0.415. The summed E-state index contributed by atoms with van der Waals surface area (Å²) in [4.78, 5) is 0. The molecule has 78 valence electrons. The van der Waals surface area contributed by atoms with Crippen molar-refractivity contribution in [1.82, 2.24) is 0 Å². The van der Waals surface area contributed by atoms with E-state index in [0.717, 1.165) is 11.9 Å². The fourth-order valence-corrected chi connectivity index (χ4v) is 3.66. The Morgan fingerprint density at radius 1 is 1.29 bits per heavy atom. The van der Waals surface area contributed by atoms with Crippen molar-refractivity contribution in [3.63, 3.8) is 0 Å². The summed E-state index contributed by atoms with van der Waals surface area (Å²) in [5.41, 5.74) is 0. The van der Waals surface area contributed by atoms with Crippen molar-refractivity contribution in [2.24, 2.45) is 5.92 Å². The number of rotatable bonds is 4. The lowest BCUT2D eigenvalue weighted by atomic mass is 10.3. The maximum Gasteiger partial charge on any atom is 0.118 e. The number of methoxy groups -OCH3 is 1. The summed E-state index contributed by atoms with van der Waals surface area (Å²) in [5, 5.41) is 1.23. The summed E-state index contributed by atoms with van der Waals surface area (Å²) in [5.74, 6) is 1.54. The van der Waals surface area contributed by atoms with E-state index in [1.807, 2.05) is 12.1 Å². The van der Waals surface area contributed by atoms with Crippen LogP contribution in [0, 0.1) is 5.92 Å². The Hall–Kier alpha value is -0.260. The first-order valence-electron chi connectivity index (χ1n) is 4.71. The average Bonchev–Trinajstić information content (AvgIpc) is 2.17. The van der Waals surface area contributed by atoms with E-state index >= 15 is 0 Å². The van der Waals surface area contributed by atoms with Gasteiger partial charge in [0, 0.05) is 7.27 Å². The van der Waals surface area contributed by atoms with Gasteiger partial charge in [-0.05, 0) is 41.6 Å². The van der Waals surface area contributed by atoms with Crippen LogP contribution in [-0.4, -0.2) is 13.3 Å². The Balaban J connectivity index is 2.66. The van der Waals surface area contributed by atoms with Gasteiger partial charge in [0.05, 0.1) is 7.11 Å². The minimum Gasteiger partial charge on any atom is -0.497 e. The molecule has 0 spiro atoms. The first kappa shape index (κ1) is 11.8. The molecule has 0 aliphatic heterocycles. The van der Waals surface area contributed by atoms with Crippen molar-refractivity contribution in [2.75, 3.05) is 13.3 Å². The van der Waals surface area contributed by atoms with E-state index in [0.29, 0.717) is 5.92 Å². The predicted molar refractivity (Wildman–Crippen MR) is 65.1 cm³/mol. The van der Waals surface area contributed by atoms with Crippen LogP contribution in [0.3, 0.4) is 0 Å². The number of benzene rings is 1. The van der Waals surface area contributed by atoms with Gasteiger partial charge in [0.25, 0.3) is 0 Å². The van der Waals surface area contributed by atoms with Gasteiger partial charge >= 0.3 is 0 Å². The molecular weight excluding hydrogens is 215 g/mol. The molecule has 0 amide bonds. The van der Waals surface area contributed by atoms with Crippen LogP contribution in [0.15, 0.2) is 24.3 Å². The van der Waals surface area contributed by atoms with Gasteiger partial charge in [-0.1, -0.05) is 25.1 Å². The van der Waals surface area contributed by atoms with Crippen LogP contribution < -0.4 is 10.0 Å². The molecule has 1 unspecified atom stereocenters. The smallest absolute Gasteiger partial charge is 0.118 e.